The quantitative estimate of drug-likeness (QED) is 0.245. The zero-order valence-electron chi connectivity index (χ0n) is 17.7. The van der Waals surface area contributed by atoms with Gasteiger partial charge in [-0.3, -0.25) is 0 Å². The number of benzene rings is 3. The highest BCUT2D eigenvalue weighted by atomic mass is 79.9. The predicted octanol–water partition coefficient (Wildman–Crippen LogP) is 8.32. The summed E-state index contributed by atoms with van der Waals surface area (Å²) in [5.41, 5.74) is 5.78. The Labute approximate surface area is 196 Å². The Morgan fingerprint density at radius 2 is 1.50 bits per heavy atom. The molecule has 158 valence electrons. The fourth-order valence-electron chi connectivity index (χ4n) is 3.23. The Morgan fingerprint density at radius 1 is 0.867 bits per heavy atom. The molecule has 0 spiro atoms. The summed E-state index contributed by atoms with van der Waals surface area (Å²) >= 11 is 7.05. The van der Waals surface area contributed by atoms with Crippen molar-refractivity contribution in [2.45, 2.75) is 27.2 Å². The molecular weight excluding hydrogens is 504 g/mol. The molecule has 0 radical (unpaired) electrons. The summed E-state index contributed by atoms with van der Waals surface area (Å²) in [5, 5.41) is 10.5. The largest absolute Gasteiger partial charge is 0.508 e. The lowest BCUT2D eigenvalue weighted by molar-refractivity contribution is 0.343. The summed E-state index contributed by atoms with van der Waals surface area (Å²) < 4.78 is 6.69. The average Bonchev–Trinajstić information content (AvgIpc) is 2.79. The van der Waals surface area contributed by atoms with E-state index in [1.54, 1.807) is 12.1 Å². The van der Waals surface area contributed by atoms with Crippen LogP contribution >= 0.6 is 31.9 Å². The maximum absolute atomic E-state index is 9.74. The van der Waals surface area contributed by atoms with Gasteiger partial charge in [-0.2, -0.15) is 0 Å². The molecule has 3 aromatic rings. The second kappa shape index (κ2) is 12.6. The molecule has 0 amide bonds. The second-order valence-corrected chi connectivity index (χ2v) is 7.95. The van der Waals surface area contributed by atoms with Crippen molar-refractivity contribution in [3.63, 3.8) is 0 Å². The van der Waals surface area contributed by atoms with Crippen LogP contribution in [0.2, 0.25) is 0 Å². The van der Waals surface area contributed by atoms with Gasteiger partial charge in [0.15, 0.2) is 0 Å². The lowest BCUT2D eigenvalue weighted by atomic mass is 9.88. The van der Waals surface area contributed by atoms with Crippen molar-refractivity contribution in [1.29, 1.82) is 0 Å². The number of hydrogen-bond acceptors (Lipinski definition) is 2. The van der Waals surface area contributed by atoms with Crippen LogP contribution in [-0.2, 0) is 0 Å². The second-order valence-electron chi connectivity index (χ2n) is 6.30. The van der Waals surface area contributed by atoms with Gasteiger partial charge in [-0.25, -0.2) is 0 Å². The molecule has 0 heterocycles. The third-order valence-corrected chi connectivity index (χ3v) is 5.43. The van der Waals surface area contributed by atoms with Gasteiger partial charge in [0.1, 0.15) is 11.5 Å². The molecule has 3 rings (SSSR count). The van der Waals surface area contributed by atoms with Crippen LogP contribution in [0, 0.1) is 0 Å². The molecule has 0 atom stereocenters. The van der Waals surface area contributed by atoms with Crippen LogP contribution in [0.5, 0.6) is 11.5 Å². The van der Waals surface area contributed by atoms with Gasteiger partial charge in [-0.1, -0.05) is 85.2 Å². The van der Waals surface area contributed by atoms with Crippen LogP contribution in [0.1, 0.15) is 43.9 Å². The number of phenols is 1. The smallest absolute Gasteiger partial charge is 0.133 e. The van der Waals surface area contributed by atoms with E-state index >= 15 is 0 Å². The van der Waals surface area contributed by atoms with Crippen LogP contribution in [0.25, 0.3) is 11.1 Å². The highest BCUT2D eigenvalue weighted by molar-refractivity contribution is 9.10. The number of allylic oxidation sites excluding steroid dienone is 1. The molecule has 0 aliphatic rings. The Hall–Kier alpha value is -2.04. The SMILES string of the molecule is CC.CC/C(=C(\c1ccc(O)cc1)c1ccc(OCCBr)c(Br)c1)c1ccccc1. The molecule has 0 saturated carbocycles. The Morgan fingerprint density at radius 3 is 2.07 bits per heavy atom. The van der Waals surface area contributed by atoms with E-state index in [0.29, 0.717) is 6.61 Å². The standard InChI is InChI=1S/C24H22Br2O2.C2H6/c1-2-21(17-6-4-3-5-7-17)24(18-8-11-20(27)12-9-18)19-10-13-23(22(26)16-19)28-15-14-25;1-2/h3-13,16,27H,2,14-15H2,1H3;1-2H3/b24-21-;. The van der Waals surface area contributed by atoms with Crippen LogP contribution < -0.4 is 4.74 Å². The molecule has 0 aliphatic heterocycles. The van der Waals surface area contributed by atoms with E-state index in [4.69, 9.17) is 4.74 Å². The van der Waals surface area contributed by atoms with E-state index in [-0.39, 0.29) is 5.75 Å². The van der Waals surface area contributed by atoms with Gasteiger partial charge in [0.25, 0.3) is 0 Å². The third kappa shape index (κ3) is 6.23. The van der Waals surface area contributed by atoms with Crippen molar-refractivity contribution in [2.75, 3.05) is 11.9 Å². The molecule has 30 heavy (non-hydrogen) atoms. The minimum Gasteiger partial charge on any atom is -0.508 e. The van der Waals surface area contributed by atoms with E-state index in [0.717, 1.165) is 38.7 Å². The predicted molar refractivity (Wildman–Crippen MR) is 136 cm³/mol. The minimum atomic E-state index is 0.264. The van der Waals surface area contributed by atoms with Crippen LogP contribution in [0.4, 0.5) is 0 Å². The molecule has 0 unspecified atom stereocenters. The van der Waals surface area contributed by atoms with Gasteiger partial charge in [0.2, 0.25) is 0 Å². The number of phenolic OH excluding ortho intramolecular Hbond substituents is 1. The highest BCUT2D eigenvalue weighted by Gasteiger charge is 2.15. The zero-order chi connectivity index (χ0) is 21.9. The van der Waals surface area contributed by atoms with Crippen molar-refractivity contribution < 1.29 is 9.84 Å². The van der Waals surface area contributed by atoms with Crippen LogP contribution in [-0.4, -0.2) is 17.0 Å². The molecule has 0 aromatic heterocycles. The third-order valence-electron chi connectivity index (χ3n) is 4.49. The highest BCUT2D eigenvalue weighted by Crippen LogP contribution is 2.37. The topological polar surface area (TPSA) is 29.5 Å². The maximum atomic E-state index is 9.74. The Kier molecular flexibility index (Phi) is 10.2. The molecule has 0 bridgehead atoms. The molecule has 0 aliphatic carbocycles. The molecule has 3 aromatic carbocycles. The van der Waals surface area contributed by atoms with Crippen molar-refractivity contribution in [3.05, 3.63) is 94.0 Å². The van der Waals surface area contributed by atoms with Gasteiger partial charge >= 0.3 is 0 Å². The van der Waals surface area contributed by atoms with Gasteiger partial charge in [-0.15, -0.1) is 0 Å². The van der Waals surface area contributed by atoms with E-state index in [9.17, 15) is 5.11 Å². The van der Waals surface area contributed by atoms with Gasteiger partial charge in [-0.05, 0) is 74.5 Å². The number of rotatable bonds is 7. The number of alkyl halides is 1. The monoisotopic (exact) mass is 530 g/mol. The summed E-state index contributed by atoms with van der Waals surface area (Å²) in [7, 11) is 0. The molecule has 0 saturated heterocycles. The number of ether oxygens (including phenoxy) is 1. The van der Waals surface area contributed by atoms with Crippen molar-refractivity contribution in [3.8, 4) is 11.5 Å². The summed E-state index contributed by atoms with van der Waals surface area (Å²) in [6.45, 7) is 6.79. The van der Waals surface area contributed by atoms with Gasteiger partial charge in [0, 0.05) is 5.33 Å². The summed E-state index contributed by atoms with van der Waals surface area (Å²) in [6, 6.07) is 24.0. The van der Waals surface area contributed by atoms with Crippen LogP contribution in [0.3, 0.4) is 0 Å². The number of hydrogen-bond donors (Lipinski definition) is 1. The van der Waals surface area contributed by atoms with E-state index in [2.05, 4.69) is 75.2 Å². The first-order valence-corrected chi connectivity index (χ1v) is 12.1. The van der Waals surface area contributed by atoms with E-state index in [1.165, 1.54) is 11.1 Å². The minimum absolute atomic E-state index is 0.264. The number of halogens is 2. The first kappa shape index (κ1) is 24.2. The first-order valence-electron chi connectivity index (χ1n) is 10.2. The van der Waals surface area contributed by atoms with Crippen molar-refractivity contribution >= 4 is 43.0 Å². The number of aromatic hydroxyl groups is 1. The molecule has 4 heteroatoms. The van der Waals surface area contributed by atoms with Crippen molar-refractivity contribution in [2.24, 2.45) is 0 Å². The Balaban J connectivity index is 0.00000155. The fraction of sp³-hybridized carbons (Fsp3) is 0.231. The van der Waals surface area contributed by atoms with Gasteiger partial charge in [0.05, 0.1) is 11.1 Å². The fourth-order valence-corrected chi connectivity index (χ4v) is 3.88. The van der Waals surface area contributed by atoms with Gasteiger partial charge < -0.3 is 9.84 Å². The first-order chi connectivity index (χ1) is 14.6. The van der Waals surface area contributed by atoms with Crippen LogP contribution in [0.15, 0.2) is 77.3 Å². The summed E-state index contributed by atoms with van der Waals surface area (Å²) in [4.78, 5) is 0. The lowest BCUT2D eigenvalue weighted by Gasteiger charge is -2.17. The molecular formula is C26H28Br2O2. The summed E-state index contributed by atoms with van der Waals surface area (Å²) in [5.74, 6) is 1.09. The Bertz CT molecular complexity index is 949. The maximum Gasteiger partial charge on any atom is 0.133 e. The normalized spacial score (nSPS) is 11.2. The lowest BCUT2D eigenvalue weighted by Crippen LogP contribution is -1.99. The molecule has 2 nitrogen and oxygen atoms in total. The van der Waals surface area contributed by atoms with E-state index < -0.39 is 0 Å². The molecule has 1 N–H and O–H groups in total. The van der Waals surface area contributed by atoms with E-state index in [1.807, 2.05) is 38.1 Å². The zero-order valence-corrected chi connectivity index (χ0v) is 20.8. The molecule has 0 fully saturated rings. The average molecular weight is 532 g/mol. The summed E-state index contributed by atoms with van der Waals surface area (Å²) in [6.07, 6.45) is 0.889. The van der Waals surface area contributed by atoms with Crippen molar-refractivity contribution in [1.82, 2.24) is 0 Å².